The van der Waals surface area contributed by atoms with Crippen molar-refractivity contribution in [2.75, 3.05) is 0 Å². The Hall–Kier alpha value is -1.44. The monoisotopic (exact) mass is 276 g/mol. The number of fused-ring (bicyclic) bond motifs is 1. The Morgan fingerprint density at radius 3 is 1.15 bits per heavy atom. The Morgan fingerprint density at radius 1 is 0.600 bits per heavy atom. The summed E-state index contributed by atoms with van der Waals surface area (Å²) in [4.78, 5) is 0. The summed E-state index contributed by atoms with van der Waals surface area (Å²) < 4.78 is 27.3. The van der Waals surface area contributed by atoms with Crippen LogP contribution in [0.3, 0.4) is 0 Å². The minimum atomic E-state index is -0.749. The van der Waals surface area contributed by atoms with Gasteiger partial charge in [-0.25, -0.2) is 8.78 Å². The topological polar surface area (TPSA) is 0 Å². The van der Waals surface area contributed by atoms with E-state index in [0.717, 1.165) is 36.5 Å². The molecule has 0 saturated carbocycles. The van der Waals surface area contributed by atoms with Crippen LogP contribution in [0, 0.1) is 11.6 Å². The summed E-state index contributed by atoms with van der Waals surface area (Å²) in [6, 6.07) is 2.75. The van der Waals surface area contributed by atoms with Gasteiger partial charge in [0.1, 0.15) is 0 Å². The SMILES string of the molecule is CCc1c(CC)c(CC)c2cc(F)c(F)cc2c1CC. The molecule has 20 heavy (non-hydrogen) atoms. The van der Waals surface area contributed by atoms with Crippen molar-refractivity contribution in [3.05, 3.63) is 46.0 Å². The van der Waals surface area contributed by atoms with E-state index in [9.17, 15) is 8.78 Å². The molecule has 0 bridgehead atoms. The summed E-state index contributed by atoms with van der Waals surface area (Å²) in [6.45, 7) is 8.44. The van der Waals surface area contributed by atoms with Crippen molar-refractivity contribution in [2.24, 2.45) is 0 Å². The van der Waals surface area contributed by atoms with Gasteiger partial charge in [0.25, 0.3) is 0 Å². The molecule has 0 nitrogen and oxygen atoms in total. The fraction of sp³-hybridized carbons (Fsp3) is 0.444. The lowest BCUT2D eigenvalue weighted by Crippen LogP contribution is -2.05. The molecule has 0 N–H and O–H groups in total. The van der Waals surface area contributed by atoms with Crippen LogP contribution >= 0.6 is 0 Å². The van der Waals surface area contributed by atoms with Crippen molar-refractivity contribution >= 4 is 10.8 Å². The quantitative estimate of drug-likeness (QED) is 0.704. The summed E-state index contributed by atoms with van der Waals surface area (Å²) in [5.41, 5.74) is 5.00. The van der Waals surface area contributed by atoms with Crippen molar-refractivity contribution in [3.8, 4) is 0 Å². The first-order valence-corrected chi connectivity index (χ1v) is 7.53. The lowest BCUT2D eigenvalue weighted by Gasteiger charge is -2.20. The van der Waals surface area contributed by atoms with Crippen LogP contribution in [0.1, 0.15) is 49.9 Å². The van der Waals surface area contributed by atoms with E-state index in [1.807, 2.05) is 0 Å². The zero-order valence-corrected chi connectivity index (χ0v) is 12.7. The Morgan fingerprint density at radius 2 is 0.900 bits per heavy atom. The molecule has 0 amide bonds. The minimum Gasteiger partial charge on any atom is -0.204 e. The second-order valence-electron chi connectivity index (χ2n) is 5.14. The van der Waals surface area contributed by atoms with E-state index in [1.54, 1.807) is 0 Å². The van der Waals surface area contributed by atoms with Crippen molar-refractivity contribution in [2.45, 2.75) is 53.4 Å². The molecule has 0 aliphatic heterocycles. The van der Waals surface area contributed by atoms with Gasteiger partial charge in [-0.3, -0.25) is 0 Å². The highest BCUT2D eigenvalue weighted by Crippen LogP contribution is 2.33. The summed E-state index contributed by atoms with van der Waals surface area (Å²) >= 11 is 0. The summed E-state index contributed by atoms with van der Waals surface area (Å²) in [5.74, 6) is -1.50. The largest absolute Gasteiger partial charge is 0.204 e. The van der Waals surface area contributed by atoms with Crippen molar-refractivity contribution in [1.82, 2.24) is 0 Å². The molecule has 0 radical (unpaired) electrons. The Labute approximate surface area is 119 Å². The van der Waals surface area contributed by atoms with E-state index in [2.05, 4.69) is 27.7 Å². The third kappa shape index (κ3) is 2.21. The van der Waals surface area contributed by atoms with E-state index in [0.29, 0.717) is 0 Å². The van der Waals surface area contributed by atoms with E-state index < -0.39 is 11.6 Å². The van der Waals surface area contributed by atoms with Crippen LogP contribution in [0.15, 0.2) is 12.1 Å². The third-order valence-electron chi connectivity index (χ3n) is 4.22. The molecule has 2 heteroatoms. The van der Waals surface area contributed by atoms with Crippen molar-refractivity contribution in [1.29, 1.82) is 0 Å². The van der Waals surface area contributed by atoms with E-state index >= 15 is 0 Å². The first-order valence-electron chi connectivity index (χ1n) is 7.53. The average Bonchev–Trinajstić information content (AvgIpc) is 2.46. The highest BCUT2D eigenvalue weighted by atomic mass is 19.2. The highest BCUT2D eigenvalue weighted by molar-refractivity contribution is 5.91. The Kier molecular flexibility index (Phi) is 4.42. The van der Waals surface area contributed by atoms with Crippen LogP contribution in [0.2, 0.25) is 0 Å². The number of hydrogen-bond acceptors (Lipinski definition) is 0. The zero-order chi connectivity index (χ0) is 14.9. The van der Waals surface area contributed by atoms with Crippen LogP contribution in [0.4, 0.5) is 8.78 Å². The number of aryl methyl sites for hydroxylation is 2. The molecule has 0 aliphatic rings. The van der Waals surface area contributed by atoms with E-state index in [1.165, 1.54) is 34.4 Å². The molecular formula is C18H22F2. The van der Waals surface area contributed by atoms with Gasteiger partial charge in [-0.2, -0.15) is 0 Å². The molecule has 0 fully saturated rings. The average molecular weight is 276 g/mol. The van der Waals surface area contributed by atoms with Gasteiger partial charge in [-0.05, 0) is 70.8 Å². The molecule has 2 rings (SSSR count). The van der Waals surface area contributed by atoms with Crippen LogP contribution in [-0.2, 0) is 25.7 Å². The fourth-order valence-corrected chi connectivity index (χ4v) is 3.40. The fourth-order valence-electron chi connectivity index (χ4n) is 3.40. The second-order valence-corrected chi connectivity index (χ2v) is 5.14. The summed E-state index contributed by atoms with van der Waals surface area (Å²) in [7, 11) is 0. The lowest BCUT2D eigenvalue weighted by molar-refractivity contribution is 0.511. The van der Waals surface area contributed by atoms with Gasteiger partial charge in [0.15, 0.2) is 11.6 Å². The lowest BCUT2D eigenvalue weighted by atomic mass is 9.85. The number of hydrogen-bond donors (Lipinski definition) is 0. The first-order chi connectivity index (χ1) is 9.58. The van der Waals surface area contributed by atoms with Gasteiger partial charge < -0.3 is 0 Å². The maximum absolute atomic E-state index is 13.6. The standard InChI is InChI=1S/C18H22F2/c1-5-11-12(6-2)14(8-4)16-10-18(20)17(19)9-15(16)13(11)7-3/h9-10H,5-8H2,1-4H3. The summed E-state index contributed by atoms with van der Waals surface area (Å²) in [6.07, 6.45) is 3.58. The van der Waals surface area contributed by atoms with E-state index in [4.69, 9.17) is 0 Å². The molecule has 2 aromatic rings. The molecule has 0 unspecified atom stereocenters. The smallest absolute Gasteiger partial charge is 0.159 e. The molecule has 2 aromatic carbocycles. The van der Waals surface area contributed by atoms with Crippen LogP contribution in [0.25, 0.3) is 10.8 Å². The number of halogens is 2. The molecular weight excluding hydrogens is 254 g/mol. The molecule has 0 saturated heterocycles. The summed E-state index contributed by atoms with van der Waals surface area (Å²) in [5, 5.41) is 1.77. The molecule has 0 spiro atoms. The van der Waals surface area contributed by atoms with Crippen LogP contribution in [-0.4, -0.2) is 0 Å². The molecule has 0 aromatic heterocycles. The van der Waals surface area contributed by atoms with Crippen molar-refractivity contribution < 1.29 is 8.78 Å². The van der Waals surface area contributed by atoms with Gasteiger partial charge in [-0.1, -0.05) is 27.7 Å². The second kappa shape index (κ2) is 5.90. The highest BCUT2D eigenvalue weighted by Gasteiger charge is 2.17. The van der Waals surface area contributed by atoms with Gasteiger partial charge in [0.2, 0.25) is 0 Å². The maximum atomic E-state index is 13.6. The van der Waals surface area contributed by atoms with Crippen LogP contribution < -0.4 is 0 Å². The number of rotatable bonds is 4. The predicted molar refractivity (Wildman–Crippen MR) is 81.4 cm³/mol. The first kappa shape index (κ1) is 15.0. The Balaban J connectivity index is 3.01. The van der Waals surface area contributed by atoms with Gasteiger partial charge in [-0.15, -0.1) is 0 Å². The number of benzene rings is 2. The van der Waals surface area contributed by atoms with Crippen LogP contribution in [0.5, 0.6) is 0 Å². The van der Waals surface area contributed by atoms with Gasteiger partial charge in [0.05, 0.1) is 0 Å². The van der Waals surface area contributed by atoms with E-state index in [-0.39, 0.29) is 0 Å². The van der Waals surface area contributed by atoms with Gasteiger partial charge in [0, 0.05) is 0 Å². The molecule has 0 atom stereocenters. The van der Waals surface area contributed by atoms with Gasteiger partial charge >= 0.3 is 0 Å². The predicted octanol–water partition coefficient (Wildman–Crippen LogP) is 5.37. The molecule has 108 valence electrons. The molecule has 0 heterocycles. The third-order valence-corrected chi connectivity index (χ3v) is 4.22. The molecule has 0 aliphatic carbocycles. The normalized spacial score (nSPS) is 11.3. The zero-order valence-electron chi connectivity index (χ0n) is 12.7. The Bertz CT molecular complexity index is 585. The maximum Gasteiger partial charge on any atom is 0.159 e. The minimum absolute atomic E-state index is 0.749. The van der Waals surface area contributed by atoms with Crippen molar-refractivity contribution in [3.63, 3.8) is 0 Å².